The number of rotatable bonds is 9. The van der Waals surface area contributed by atoms with Crippen LogP contribution in [0.2, 0.25) is 5.02 Å². The molecule has 3 aromatic carbocycles. The molecular formula is C28H25ClN2O4. The minimum absolute atomic E-state index is 0.0187. The molecule has 0 saturated heterocycles. The third-order valence-corrected chi connectivity index (χ3v) is 5.75. The van der Waals surface area contributed by atoms with E-state index in [0.717, 1.165) is 23.4 Å². The zero-order chi connectivity index (χ0) is 24.6. The smallest absolute Gasteiger partial charge is 0.268 e. The van der Waals surface area contributed by atoms with Gasteiger partial charge < -0.3 is 19.1 Å². The number of hydrogen-bond acceptors (Lipinski definition) is 5. The molecule has 0 aliphatic carbocycles. The van der Waals surface area contributed by atoms with Crippen LogP contribution in [0, 0.1) is 11.3 Å². The molecule has 0 fully saturated rings. The highest BCUT2D eigenvalue weighted by molar-refractivity contribution is 6.32. The van der Waals surface area contributed by atoms with Crippen LogP contribution in [0.15, 0.2) is 72.3 Å². The number of fused-ring (bicyclic) bond motifs is 1. The third-order valence-electron chi connectivity index (χ3n) is 5.47. The van der Waals surface area contributed by atoms with Gasteiger partial charge in [-0.15, -0.1) is 0 Å². The summed E-state index contributed by atoms with van der Waals surface area (Å²) in [5.74, 6) is 1.23. The van der Waals surface area contributed by atoms with E-state index in [1.807, 2.05) is 67.6 Å². The lowest BCUT2D eigenvalue weighted by Gasteiger charge is -2.17. The Hall–Kier alpha value is -3.95. The molecule has 35 heavy (non-hydrogen) atoms. The van der Waals surface area contributed by atoms with E-state index in [9.17, 15) is 10.1 Å². The summed E-state index contributed by atoms with van der Waals surface area (Å²) in [5, 5.41) is 10.0. The lowest BCUT2D eigenvalue weighted by atomic mass is 10.1. The molecule has 0 unspecified atom stereocenters. The quantitative estimate of drug-likeness (QED) is 0.220. The molecule has 7 heteroatoms. The summed E-state index contributed by atoms with van der Waals surface area (Å²) in [4.78, 5) is 14.8. The first-order chi connectivity index (χ1) is 17.1. The first-order valence-corrected chi connectivity index (χ1v) is 11.8. The van der Waals surface area contributed by atoms with E-state index in [2.05, 4.69) is 0 Å². The van der Waals surface area contributed by atoms with Gasteiger partial charge in [0.15, 0.2) is 11.5 Å². The number of anilines is 1. The molecule has 1 heterocycles. The first kappa shape index (κ1) is 24.2. The fourth-order valence-electron chi connectivity index (χ4n) is 3.90. The normalized spacial score (nSPS) is 12.6. The van der Waals surface area contributed by atoms with Crippen molar-refractivity contribution in [3.05, 3.63) is 88.5 Å². The van der Waals surface area contributed by atoms with E-state index >= 15 is 0 Å². The molecule has 6 nitrogen and oxygen atoms in total. The van der Waals surface area contributed by atoms with Crippen molar-refractivity contribution in [1.29, 1.82) is 5.26 Å². The Labute approximate surface area is 209 Å². The van der Waals surface area contributed by atoms with Gasteiger partial charge in [0.05, 0.1) is 11.6 Å². The van der Waals surface area contributed by atoms with Crippen molar-refractivity contribution in [2.24, 2.45) is 0 Å². The summed E-state index contributed by atoms with van der Waals surface area (Å²) in [7, 11) is 0. The van der Waals surface area contributed by atoms with Crippen LogP contribution in [-0.4, -0.2) is 32.3 Å². The van der Waals surface area contributed by atoms with Crippen molar-refractivity contribution in [3.63, 3.8) is 0 Å². The topological polar surface area (TPSA) is 71.8 Å². The first-order valence-electron chi connectivity index (χ1n) is 11.4. The largest absolute Gasteiger partial charge is 0.490 e. The second-order valence-electron chi connectivity index (χ2n) is 7.78. The van der Waals surface area contributed by atoms with Gasteiger partial charge in [-0.05, 0) is 60.9 Å². The summed E-state index contributed by atoms with van der Waals surface area (Å²) < 4.78 is 17.3. The van der Waals surface area contributed by atoms with Gasteiger partial charge in [0.2, 0.25) is 0 Å². The molecule has 0 N–H and O–H groups in total. The number of carbonyl (C=O) groups excluding carboxylic acids is 1. The highest BCUT2D eigenvalue weighted by Gasteiger charge is 2.26. The fraction of sp³-hybridized carbons (Fsp3) is 0.214. The number of benzene rings is 3. The molecule has 0 spiro atoms. The van der Waals surface area contributed by atoms with Crippen LogP contribution in [0.25, 0.3) is 6.08 Å². The average molecular weight is 489 g/mol. The molecule has 1 amide bonds. The Balaban J connectivity index is 1.51. The monoisotopic (exact) mass is 488 g/mol. The maximum atomic E-state index is 13.1. The van der Waals surface area contributed by atoms with Crippen LogP contribution in [0.3, 0.4) is 0 Å². The van der Waals surface area contributed by atoms with Gasteiger partial charge in [-0.2, -0.15) is 5.26 Å². The number of nitriles is 1. The Morgan fingerprint density at radius 3 is 2.57 bits per heavy atom. The number of amides is 1. The average Bonchev–Trinajstić information content (AvgIpc) is 3.31. The number of hydrogen-bond donors (Lipinski definition) is 0. The molecule has 1 aliphatic heterocycles. The summed E-state index contributed by atoms with van der Waals surface area (Å²) in [5.41, 5.74) is 2.53. The van der Waals surface area contributed by atoms with Gasteiger partial charge in [0, 0.05) is 12.2 Å². The Kier molecular flexibility index (Phi) is 7.92. The number of nitrogens with zero attached hydrogens (tertiary/aromatic N) is 2. The summed E-state index contributed by atoms with van der Waals surface area (Å²) in [6.45, 7) is 3.39. The van der Waals surface area contributed by atoms with Crippen LogP contribution in [-0.2, 0) is 11.2 Å². The van der Waals surface area contributed by atoms with Crippen molar-refractivity contribution < 1.29 is 19.0 Å². The number of ether oxygens (including phenoxy) is 3. The van der Waals surface area contributed by atoms with Crippen molar-refractivity contribution in [3.8, 4) is 23.3 Å². The predicted molar refractivity (Wildman–Crippen MR) is 136 cm³/mol. The highest BCUT2D eigenvalue weighted by atomic mass is 35.5. The molecule has 178 valence electrons. The molecule has 0 aromatic heterocycles. The second-order valence-corrected chi connectivity index (χ2v) is 8.19. The molecule has 0 radical (unpaired) electrons. The van der Waals surface area contributed by atoms with Crippen LogP contribution < -0.4 is 19.1 Å². The summed E-state index contributed by atoms with van der Waals surface area (Å²) in [6.07, 6.45) is 2.29. The van der Waals surface area contributed by atoms with Crippen molar-refractivity contribution in [2.45, 2.75) is 13.3 Å². The molecule has 3 aromatic rings. The lowest BCUT2D eigenvalue weighted by Crippen LogP contribution is -2.29. The standard InChI is InChI=1S/C28H25ClN2O4/c1-2-33-26-18-20(17-24(29)27(26)35-15-14-34-23-9-4-3-5-10-23)16-22(19-30)28(32)31-13-12-21-8-6-7-11-25(21)31/h3-11,16-18H,2,12-15H2,1H3/b22-16+. The van der Waals surface area contributed by atoms with Gasteiger partial charge in [0.25, 0.3) is 5.91 Å². The zero-order valence-corrected chi connectivity index (χ0v) is 20.1. The van der Waals surface area contributed by atoms with Crippen LogP contribution in [0.4, 0.5) is 5.69 Å². The van der Waals surface area contributed by atoms with E-state index in [4.69, 9.17) is 25.8 Å². The van der Waals surface area contributed by atoms with Gasteiger partial charge in [-0.25, -0.2) is 0 Å². The third kappa shape index (κ3) is 5.76. The summed E-state index contributed by atoms with van der Waals surface area (Å²) >= 11 is 6.51. The summed E-state index contributed by atoms with van der Waals surface area (Å²) in [6, 6.07) is 22.6. The highest BCUT2D eigenvalue weighted by Crippen LogP contribution is 2.37. The fourth-order valence-corrected chi connectivity index (χ4v) is 4.17. The minimum atomic E-state index is -0.343. The predicted octanol–water partition coefficient (Wildman–Crippen LogP) is 5.69. The molecule has 0 saturated carbocycles. The zero-order valence-electron chi connectivity index (χ0n) is 19.4. The van der Waals surface area contributed by atoms with E-state index in [1.54, 1.807) is 17.0 Å². The molecular weight excluding hydrogens is 464 g/mol. The SMILES string of the molecule is CCOc1cc(/C=C(\C#N)C(=O)N2CCc3ccccc32)cc(Cl)c1OCCOc1ccccc1. The molecule has 0 atom stereocenters. The number of para-hydroxylation sites is 2. The maximum absolute atomic E-state index is 13.1. The Morgan fingerprint density at radius 2 is 1.80 bits per heavy atom. The maximum Gasteiger partial charge on any atom is 0.268 e. The van der Waals surface area contributed by atoms with Gasteiger partial charge in [0.1, 0.15) is 30.6 Å². The second kappa shape index (κ2) is 11.5. The molecule has 4 rings (SSSR count). The minimum Gasteiger partial charge on any atom is -0.490 e. The van der Waals surface area contributed by atoms with Crippen LogP contribution in [0.1, 0.15) is 18.1 Å². The van der Waals surface area contributed by atoms with E-state index in [0.29, 0.717) is 41.8 Å². The Morgan fingerprint density at radius 1 is 1.06 bits per heavy atom. The molecule has 0 bridgehead atoms. The van der Waals surface area contributed by atoms with Crippen molar-refractivity contribution >= 4 is 29.3 Å². The number of carbonyl (C=O) groups is 1. The van der Waals surface area contributed by atoms with Crippen molar-refractivity contribution in [2.75, 3.05) is 31.3 Å². The van der Waals surface area contributed by atoms with E-state index in [1.165, 1.54) is 6.08 Å². The molecule has 1 aliphatic rings. The van der Waals surface area contributed by atoms with Crippen LogP contribution >= 0.6 is 11.6 Å². The van der Waals surface area contributed by atoms with Gasteiger partial charge in [-0.1, -0.05) is 48.0 Å². The van der Waals surface area contributed by atoms with Crippen LogP contribution in [0.5, 0.6) is 17.2 Å². The van der Waals surface area contributed by atoms with E-state index in [-0.39, 0.29) is 18.1 Å². The van der Waals surface area contributed by atoms with Gasteiger partial charge in [-0.3, -0.25) is 4.79 Å². The van der Waals surface area contributed by atoms with E-state index < -0.39 is 0 Å². The lowest BCUT2D eigenvalue weighted by molar-refractivity contribution is -0.114. The van der Waals surface area contributed by atoms with Gasteiger partial charge >= 0.3 is 0 Å². The van der Waals surface area contributed by atoms with Crippen molar-refractivity contribution in [1.82, 2.24) is 0 Å². The number of halogens is 1. The Bertz CT molecular complexity index is 1270.